The van der Waals surface area contributed by atoms with Crippen molar-refractivity contribution in [2.75, 3.05) is 0 Å². The minimum atomic E-state index is 0.195. The van der Waals surface area contributed by atoms with E-state index >= 15 is 0 Å². The Hall–Kier alpha value is -1.80. The lowest BCUT2D eigenvalue weighted by molar-refractivity contribution is 0.306. The van der Waals surface area contributed by atoms with Crippen molar-refractivity contribution in [3.8, 4) is 5.75 Å². The Labute approximate surface area is 108 Å². The van der Waals surface area contributed by atoms with Crippen LogP contribution in [0.4, 0.5) is 0 Å². The molecule has 0 saturated carbocycles. The van der Waals surface area contributed by atoms with Gasteiger partial charge in [-0.25, -0.2) is 0 Å². The fraction of sp³-hybridized carbons (Fsp3) is 0.250. The third kappa shape index (κ3) is 3.90. The molecule has 2 heteroatoms. The Morgan fingerprint density at radius 2 is 1.61 bits per heavy atom. The van der Waals surface area contributed by atoms with Gasteiger partial charge < -0.3 is 10.5 Å². The maximum absolute atomic E-state index is 5.77. The van der Waals surface area contributed by atoms with Crippen molar-refractivity contribution in [1.82, 2.24) is 0 Å². The first-order valence-corrected chi connectivity index (χ1v) is 6.25. The van der Waals surface area contributed by atoms with Crippen molar-refractivity contribution in [2.24, 2.45) is 5.73 Å². The van der Waals surface area contributed by atoms with Crippen LogP contribution in [0.5, 0.6) is 5.75 Å². The van der Waals surface area contributed by atoms with Gasteiger partial charge in [0.05, 0.1) is 0 Å². The monoisotopic (exact) mass is 241 g/mol. The highest BCUT2D eigenvalue weighted by Crippen LogP contribution is 2.15. The van der Waals surface area contributed by atoms with Crippen LogP contribution in [0, 0.1) is 0 Å². The van der Waals surface area contributed by atoms with Crippen LogP contribution in [0.15, 0.2) is 54.6 Å². The highest BCUT2D eigenvalue weighted by molar-refractivity contribution is 5.28. The summed E-state index contributed by atoms with van der Waals surface area (Å²) in [7, 11) is 0. The summed E-state index contributed by atoms with van der Waals surface area (Å²) in [5.74, 6) is 0.896. The van der Waals surface area contributed by atoms with Crippen LogP contribution < -0.4 is 10.5 Å². The summed E-state index contributed by atoms with van der Waals surface area (Å²) >= 11 is 0. The highest BCUT2D eigenvalue weighted by Gasteiger charge is 1.99. The van der Waals surface area contributed by atoms with E-state index in [1.807, 2.05) is 37.3 Å². The van der Waals surface area contributed by atoms with Crippen LogP contribution in [0.3, 0.4) is 0 Å². The molecule has 0 spiro atoms. The van der Waals surface area contributed by atoms with E-state index in [0.29, 0.717) is 6.61 Å². The first-order valence-electron chi connectivity index (χ1n) is 6.25. The molecule has 2 N–H and O–H groups in total. The smallest absolute Gasteiger partial charge is 0.119 e. The first kappa shape index (κ1) is 12.7. The molecule has 18 heavy (non-hydrogen) atoms. The summed E-state index contributed by atoms with van der Waals surface area (Å²) in [4.78, 5) is 0. The largest absolute Gasteiger partial charge is 0.489 e. The number of ether oxygens (including phenoxy) is 1. The van der Waals surface area contributed by atoms with Crippen LogP contribution in [-0.2, 0) is 13.0 Å². The van der Waals surface area contributed by atoms with Gasteiger partial charge in [0.1, 0.15) is 12.4 Å². The Kier molecular flexibility index (Phi) is 4.37. The minimum absolute atomic E-state index is 0.195. The normalized spacial score (nSPS) is 12.1. The molecule has 0 radical (unpaired) electrons. The molecule has 0 aliphatic carbocycles. The summed E-state index contributed by atoms with van der Waals surface area (Å²) in [6.07, 6.45) is 0.902. The van der Waals surface area contributed by atoms with Crippen molar-refractivity contribution in [3.05, 3.63) is 65.7 Å². The number of hydrogen-bond donors (Lipinski definition) is 1. The predicted octanol–water partition coefficient (Wildman–Crippen LogP) is 3.16. The van der Waals surface area contributed by atoms with Gasteiger partial charge in [0.15, 0.2) is 0 Å². The summed E-state index contributed by atoms with van der Waals surface area (Å²) in [6, 6.07) is 18.5. The zero-order valence-corrected chi connectivity index (χ0v) is 10.7. The van der Waals surface area contributed by atoms with E-state index < -0.39 is 0 Å². The van der Waals surface area contributed by atoms with Gasteiger partial charge in [-0.2, -0.15) is 0 Å². The molecule has 0 amide bonds. The van der Waals surface area contributed by atoms with Crippen molar-refractivity contribution in [2.45, 2.75) is 26.0 Å². The Balaban J connectivity index is 1.90. The third-order valence-corrected chi connectivity index (χ3v) is 2.73. The second-order valence-corrected chi connectivity index (χ2v) is 4.60. The van der Waals surface area contributed by atoms with E-state index in [9.17, 15) is 0 Å². The summed E-state index contributed by atoms with van der Waals surface area (Å²) < 4.78 is 5.72. The molecule has 0 aliphatic heterocycles. The maximum atomic E-state index is 5.77. The molecule has 2 aromatic carbocycles. The lowest BCUT2D eigenvalue weighted by Crippen LogP contribution is -2.17. The summed E-state index contributed by atoms with van der Waals surface area (Å²) in [5, 5.41) is 0. The van der Waals surface area contributed by atoms with Crippen LogP contribution >= 0.6 is 0 Å². The van der Waals surface area contributed by atoms with Crippen LogP contribution in [0.25, 0.3) is 0 Å². The molecule has 0 aromatic heterocycles. The van der Waals surface area contributed by atoms with E-state index in [-0.39, 0.29) is 6.04 Å². The lowest BCUT2D eigenvalue weighted by atomic mass is 10.1. The SMILES string of the molecule is CC(N)Cc1ccc(OCc2ccccc2)cc1. The molecule has 2 aromatic rings. The van der Waals surface area contributed by atoms with Gasteiger partial charge in [-0.3, -0.25) is 0 Å². The van der Waals surface area contributed by atoms with E-state index in [4.69, 9.17) is 10.5 Å². The average Bonchev–Trinajstić information content (AvgIpc) is 2.38. The van der Waals surface area contributed by atoms with Gasteiger partial charge in [0.2, 0.25) is 0 Å². The molecule has 0 fully saturated rings. The molecule has 2 nitrogen and oxygen atoms in total. The van der Waals surface area contributed by atoms with E-state index in [0.717, 1.165) is 12.2 Å². The molecule has 2 rings (SSSR count). The Bertz CT molecular complexity index is 462. The molecule has 1 atom stereocenters. The number of benzene rings is 2. The molecular weight excluding hydrogens is 222 g/mol. The zero-order chi connectivity index (χ0) is 12.8. The molecular formula is C16H19NO. The molecule has 0 saturated heterocycles. The second kappa shape index (κ2) is 6.22. The number of nitrogens with two attached hydrogens (primary N) is 1. The van der Waals surface area contributed by atoms with E-state index in [1.165, 1.54) is 11.1 Å². The number of hydrogen-bond acceptors (Lipinski definition) is 2. The quantitative estimate of drug-likeness (QED) is 0.872. The molecule has 1 unspecified atom stereocenters. The van der Waals surface area contributed by atoms with Gasteiger partial charge in [0.25, 0.3) is 0 Å². The van der Waals surface area contributed by atoms with Gasteiger partial charge in [-0.1, -0.05) is 42.5 Å². The summed E-state index contributed by atoms with van der Waals surface area (Å²) in [6.45, 7) is 2.62. The Morgan fingerprint density at radius 3 is 2.22 bits per heavy atom. The fourth-order valence-electron chi connectivity index (χ4n) is 1.83. The van der Waals surface area contributed by atoms with Gasteiger partial charge >= 0.3 is 0 Å². The first-order chi connectivity index (χ1) is 8.74. The van der Waals surface area contributed by atoms with Gasteiger partial charge in [-0.15, -0.1) is 0 Å². The second-order valence-electron chi connectivity index (χ2n) is 4.60. The minimum Gasteiger partial charge on any atom is -0.489 e. The van der Waals surface area contributed by atoms with Crippen molar-refractivity contribution < 1.29 is 4.74 Å². The maximum Gasteiger partial charge on any atom is 0.119 e. The molecule has 0 bridgehead atoms. The van der Waals surface area contributed by atoms with Gasteiger partial charge in [-0.05, 0) is 36.6 Å². The van der Waals surface area contributed by atoms with Crippen molar-refractivity contribution >= 4 is 0 Å². The summed E-state index contributed by atoms with van der Waals surface area (Å²) in [5.41, 5.74) is 8.19. The zero-order valence-electron chi connectivity index (χ0n) is 10.7. The third-order valence-electron chi connectivity index (χ3n) is 2.73. The van der Waals surface area contributed by atoms with E-state index in [2.05, 4.69) is 24.3 Å². The average molecular weight is 241 g/mol. The Morgan fingerprint density at radius 1 is 0.944 bits per heavy atom. The van der Waals surface area contributed by atoms with E-state index in [1.54, 1.807) is 0 Å². The lowest BCUT2D eigenvalue weighted by Gasteiger charge is -2.08. The van der Waals surface area contributed by atoms with Crippen molar-refractivity contribution in [3.63, 3.8) is 0 Å². The van der Waals surface area contributed by atoms with Crippen molar-refractivity contribution in [1.29, 1.82) is 0 Å². The number of rotatable bonds is 5. The fourth-order valence-corrected chi connectivity index (χ4v) is 1.83. The standard InChI is InChI=1S/C16H19NO/c1-13(17)11-14-7-9-16(10-8-14)18-12-15-5-3-2-4-6-15/h2-10,13H,11-12,17H2,1H3. The molecule has 0 aliphatic rings. The topological polar surface area (TPSA) is 35.2 Å². The van der Waals surface area contributed by atoms with Gasteiger partial charge in [0, 0.05) is 6.04 Å². The predicted molar refractivity (Wildman–Crippen MR) is 74.6 cm³/mol. The van der Waals surface area contributed by atoms with Crippen LogP contribution in [0.2, 0.25) is 0 Å². The van der Waals surface area contributed by atoms with Crippen LogP contribution in [-0.4, -0.2) is 6.04 Å². The highest BCUT2D eigenvalue weighted by atomic mass is 16.5. The molecule has 0 heterocycles. The van der Waals surface area contributed by atoms with Crippen LogP contribution in [0.1, 0.15) is 18.1 Å². The molecule has 94 valence electrons.